The van der Waals surface area contributed by atoms with Gasteiger partial charge in [-0.05, 0) is 61.7 Å². The minimum atomic E-state index is -1.36. The van der Waals surface area contributed by atoms with Crippen molar-refractivity contribution in [1.82, 2.24) is 10.3 Å². The quantitative estimate of drug-likeness (QED) is 0.474. The van der Waals surface area contributed by atoms with Crippen molar-refractivity contribution in [3.63, 3.8) is 0 Å². The number of aromatic nitrogens is 1. The summed E-state index contributed by atoms with van der Waals surface area (Å²) in [7, 11) is 0. The van der Waals surface area contributed by atoms with Gasteiger partial charge in [0.05, 0.1) is 5.56 Å². The molecule has 134 valence electrons. The summed E-state index contributed by atoms with van der Waals surface area (Å²) in [6, 6.07) is 3.10. The molecule has 1 aliphatic carbocycles. The van der Waals surface area contributed by atoms with Gasteiger partial charge in [-0.2, -0.15) is 0 Å². The number of carboxylic acids is 1. The SMILES string of the molecule is CC(C)(C)OC(=O)NC(=CC1(c2cccnc2[N+](=O)[O-])CC1)C(=O)O. The number of carboxylic acid groups (broad SMARTS) is 1. The molecule has 1 aromatic heterocycles. The molecule has 0 atom stereocenters. The fourth-order valence-corrected chi connectivity index (χ4v) is 2.40. The molecule has 2 rings (SSSR count). The van der Waals surface area contributed by atoms with E-state index in [1.807, 2.05) is 0 Å². The van der Waals surface area contributed by atoms with Crippen LogP contribution in [-0.4, -0.2) is 32.7 Å². The number of carbonyl (C=O) groups excluding carboxylic acids is 1. The molecule has 0 bridgehead atoms. The lowest BCUT2D eigenvalue weighted by Crippen LogP contribution is -2.34. The zero-order valence-electron chi connectivity index (χ0n) is 14.1. The first-order valence-electron chi connectivity index (χ1n) is 7.60. The summed E-state index contributed by atoms with van der Waals surface area (Å²) in [5.41, 5.74) is -1.68. The Balaban J connectivity index is 2.33. The number of nitrogens with one attached hydrogen (secondary N) is 1. The Bertz CT molecular complexity index is 746. The Morgan fingerprint density at radius 3 is 2.56 bits per heavy atom. The highest BCUT2D eigenvalue weighted by molar-refractivity contribution is 5.91. The molecule has 0 saturated heterocycles. The van der Waals surface area contributed by atoms with Crippen molar-refractivity contribution in [2.75, 3.05) is 0 Å². The van der Waals surface area contributed by atoms with E-state index in [4.69, 9.17) is 4.74 Å². The molecule has 9 nitrogen and oxygen atoms in total. The molecule has 1 aromatic rings. The van der Waals surface area contributed by atoms with Crippen molar-refractivity contribution in [2.45, 2.75) is 44.6 Å². The van der Waals surface area contributed by atoms with Gasteiger partial charge in [0.1, 0.15) is 17.5 Å². The second kappa shape index (κ2) is 6.50. The van der Waals surface area contributed by atoms with E-state index < -0.39 is 28.0 Å². The van der Waals surface area contributed by atoms with E-state index in [-0.39, 0.29) is 11.5 Å². The number of hydrogen-bond donors (Lipinski definition) is 2. The van der Waals surface area contributed by atoms with Crippen LogP contribution >= 0.6 is 0 Å². The lowest BCUT2D eigenvalue weighted by atomic mass is 9.95. The van der Waals surface area contributed by atoms with Gasteiger partial charge in [0.15, 0.2) is 0 Å². The Kier molecular flexibility index (Phi) is 4.78. The van der Waals surface area contributed by atoms with Crippen molar-refractivity contribution in [3.05, 3.63) is 45.8 Å². The standard InChI is InChI=1S/C16H19N3O6/c1-15(2,3)25-14(22)18-11(13(20)21)9-16(6-7-16)10-5-4-8-17-12(10)19(23)24/h4-5,8-9H,6-7H2,1-3H3,(H,18,22)(H,20,21). The van der Waals surface area contributed by atoms with E-state index in [1.165, 1.54) is 12.3 Å². The average molecular weight is 349 g/mol. The van der Waals surface area contributed by atoms with Gasteiger partial charge in [-0.3, -0.25) is 5.32 Å². The Morgan fingerprint density at radius 2 is 2.08 bits per heavy atom. The summed E-state index contributed by atoms with van der Waals surface area (Å²) in [5.74, 6) is -1.68. The highest BCUT2D eigenvalue weighted by Gasteiger charge is 2.48. The van der Waals surface area contributed by atoms with E-state index in [0.717, 1.165) is 0 Å². The molecule has 1 aliphatic rings. The van der Waals surface area contributed by atoms with Gasteiger partial charge in [0.2, 0.25) is 0 Å². The fraction of sp³-hybridized carbons (Fsp3) is 0.438. The maximum Gasteiger partial charge on any atom is 0.412 e. The van der Waals surface area contributed by atoms with E-state index in [0.29, 0.717) is 18.4 Å². The second-order valence-corrected chi connectivity index (χ2v) is 6.78. The van der Waals surface area contributed by atoms with Gasteiger partial charge in [0, 0.05) is 5.41 Å². The highest BCUT2D eigenvalue weighted by atomic mass is 16.6. The smallest absolute Gasteiger partial charge is 0.412 e. The molecule has 0 unspecified atom stereocenters. The fourth-order valence-electron chi connectivity index (χ4n) is 2.40. The van der Waals surface area contributed by atoms with Crippen LogP contribution in [0.5, 0.6) is 0 Å². The van der Waals surface area contributed by atoms with E-state index in [9.17, 15) is 24.8 Å². The third kappa shape index (κ3) is 4.52. The maximum absolute atomic E-state index is 11.8. The number of carbonyl (C=O) groups is 2. The van der Waals surface area contributed by atoms with Crippen molar-refractivity contribution in [2.24, 2.45) is 0 Å². The zero-order valence-corrected chi connectivity index (χ0v) is 14.1. The summed E-state index contributed by atoms with van der Waals surface area (Å²) in [5, 5.41) is 22.7. The number of pyridine rings is 1. The van der Waals surface area contributed by atoms with Crippen LogP contribution in [0.4, 0.5) is 10.6 Å². The van der Waals surface area contributed by atoms with Crippen LogP contribution in [0.25, 0.3) is 0 Å². The third-order valence-corrected chi connectivity index (χ3v) is 3.57. The predicted octanol–water partition coefficient (Wildman–Crippen LogP) is 2.51. The zero-order chi connectivity index (χ0) is 18.8. The largest absolute Gasteiger partial charge is 0.477 e. The minimum absolute atomic E-state index is 0.321. The highest BCUT2D eigenvalue weighted by Crippen LogP contribution is 2.52. The molecule has 0 aromatic carbocycles. The molecule has 1 saturated carbocycles. The predicted molar refractivity (Wildman–Crippen MR) is 86.9 cm³/mol. The summed E-state index contributed by atoms with van der Waals surface area (Å²) in [4.78, 5) is 37.6. The van der Waals surface area contributed by atoms with Gasteiger partial charge in [-0.15, -0.1) is 0 Å². The number of alkyl carbamates (subject to hydrolysis) is 1. The van der Waals surface area contributed by atoms with Crippen LogP contribution in [0.2, 0.25) is 0 Å². The monoisotopic (exact) mass is 349 g/mol. The molecule has 0 aliphatic heterocycles. The van der Waals surface area contributed by atoms with Crippen molar-refractivity contribution in [3.8, 4) is 0 Å². The van der Waals surface area contributed by atoms with Crippen LogP contribution in [0, 0.1) is 10.1 Å². The average Bonchev–Trinajstić information content (AvgIpc) is 3.25. The maximum atomic E-state index is 11.8. The Morgan fingerprint density at radius 1 is 1.44 bits per heavy atom. The van der Waals surface area contributed by atoms with Gasteiger partial charge in [-0.1, -0.05) is 0 Å². The lowest BCUT2D eigenvalue weighted by Gasteiger charge is -2.20. The molecular formula is C16H19N3O6. The molecule has 2 N–H and O–H groups in total. The summed E-state index contributed by atoms with van der Waals surface area (Å²) < 4.78 is 5.05. The number of amides is 1. The first kappa shape index (κ1) is 18.4. The Labute approximate surface area is 143 Å². The molecule has 0 spiro atoms. The normalized spacial score (nSPS) is 16.0. The number of hydrogen-bond acceptors (Lipinski definition) is 6. The first-order valence-corrected chi connectivity index (χ1v) is 7.60. The van der Waals surface area contributed by atoms with E-state index >= 15 is 0 Å². The van der Waals surface area contributed by atoms with E-state index in [1.54, 1.807) is 32.9 Å². The van der Waals surface area contributed by atoms with Crippen LogP contribution in [0.15, 0.2) is 30.1 Å². The van der Waals surface area contributed by atoms with Crippen molar-refractivity contribution in [1.29, 1.82) is 0 Å². The Hall–Kier alpha value is -2.97. The number of aliphatic carboxylic acids is 1. The van der Waals surface area contributed by atoms with Gasteiger partial charge >= 0.3 is 17.9 Å². The third-order valence-electron chi connectivity index (χ3n) is 3.57. The molecule has 9 heteroatoms. The number of rotatable bonds is 5. The topological polar surface area (TPSA) is 132 Å². The molecule has 1 heterocycles. The van der Waals surface area contributed by atoms with Crippen molar-refractivity contribution >= 4 is 17.9 Å². The van der Waals surface area contributed by atoms with Crippen LogP contribution in [-0.2, 0) is 14.9 Å². The molecule has 0 radical (unpaired) electrons. The summed E-state index contributed by atoms with van der Waals surface area (Å²) >= 11 is 0. The lowest BCUT2D eigenvalue weighted by molar-refractivity contribution is -0.390. The van der Waals surface area contributed by atoms with E-state index in [2.05, 4.69) is 10.3 Å². The minimum Gasteiger partial charge on any atom is -0.477 e. The molecule has 1 fully saturated rings. The number of nitrogens with zero attached hydrogens (tertiary/aromatic N) is 2. The van der Waals surface area contributed by atoms with Crippen LogP contribution in [0.1, 0.15) is 39.2 Å². The summed E-state index contributed by atoms with van der Waals surface area (Å²) in [6.45, 7) is 4.95. The molecular weight excluding hydrogens is 330 g/mol. The number of nitro groups is 1. The second-order valence-electron chi connectivity index (χ2n) is 6.78. The van der Waals surface area contributed by atoms with Gasteiger partial charge < -0.3 is 20.0 Å². The van der Waals surface area contributed by atoms with Gasteiger partial charge in [0.25, 0.3) is 0 Å². The number of ether oxygens (including phenoxy) is 1. The van der Waals surface area contributed by atoms with Crippen LogP contribution in [0.3, 0.4) is 0 Å². The first-order chi connectivity index (χ1) is 11.5. The van der Waals surface area contributed by atoms with Crippen molar-refractivity contribution < 1.29 is 24.4 Å². The van der Waals surface area contributed by atoms with Crippen LogP contribution < -0.4 is 5.32 Å². The molecule has 1 amide bonds. The summed E-state index contributed by atoms with van der Waals surface area (Å²) in [6.07, 6.45) is 2.76. The van der Waals surface area contributed by atoms with Gasteiger partial charge in [-0.25, -0.2) is 9.59 Å². The number of allylic oxidation sites excluding steroid dienone is 1. The molecule has 25 heavy (non-hydrogen) atoms.